The average molecular weight is 249 g/mol. The quantitative estimate of drug-likeness (QED) is 0.802. The number of aliphatic hydroxyl groups excluding tert-OH is 1. The predicted molar refractivity (Wildman–Crippen MR) is 68.7 cm³/mol. The highest BCUT2D eigenvalue weighted by Crippen LogP contribution is 2.23. The Bertz CT molecular complexity index is 389. The first kappa shape index (κ1) is 12.9. The summed E-state index contributed by atoms with van der Waals surface area (Å²) in [4.78, 5) is 11.7. The van der Waals surface area contributed by atoms with E-state index < -0.39 is 0 Å². The summed E-state index contributed by atoms with van der Waals surface area (Å²) in [7, 11) is 0. The van der Waals surface area contributed by atoms with Crippen molar-refractivity contribution >= 4 is 12.0 Å². The number of hydrogen-bond donors (Lipinski definition) is 2. The van der Waals surface area contributed by atoms with Crippen molar-refractivity contribution in [2.24, 2.45) is 5.92 Å². The number of rotatable bonds is 4. The molecule has 4 heteroatoms. The van der Waals surface area contributed by atoms with Crippen LogP contribution in [0.4, 0.5) is 0 Å². The van der Waals surface area contributed by atoms with E-state index in [9.17, 15) is 4.79 Å². The van der Waals surface area contributed by atoms with Gasteiger partial charge in [0, 0.05) is 18.7 Å². The van der Waals surface area contributed by atoms with Gasteiger partial charge in [0.05, 0.1) is 6.26 Å². The molecule has 0 atom stereocenters. The fourth-order valence-corrected chi connectivity index (χ4v) is 2.28. The summed E-state index contributed by atoms with van der Waals surface area (Å²) in [5, 5.41) is 12.0. The van der Waals surface area contributed by atoms with Gasteiger partial charge in [-0.2, -0.15) is 0 Å². The van der Waals surface area contributed by atoms with Gasteiger partial charge in [0.2, 0.25) is 5.91 Å². The molecule has 0 radical (unpaired) electrons. The Kier molecular flexibility index (Phi) is 4.59. The van der Waals surface area contributed by atoms with Crippen molar-refractivity contribution in [2.75, 3.05) is 6.61 Å². The molecule has 1 saturated carbocycles. The van der Waals surface area contributed by atoms with E-state index in [1.807, 2.05) is 0 Å². The highest BCUT2D eigenvalue weighted by molar-refractivity contribution is 5.91. The lowest BCUT2D eigenvalue weighted by Crippen LogP contribution is -2.37. The van der Waals surface area contributed by atoms with Crippen LogP contribution in [0.3, 0.4) is 0 Å². The second-order valence-corrected chi connectivity index (χ2v) is 4.76. The van der Waals surface area contributed by atoms with Gasteiger partial charge in [-0.25, -0.2) is 0 Å². The summed E-state index contributed by atoms with van der Waals surface area (Å²) in [6.07, 6.45) is 8.61. The highest BCUT2D eigenvalue weighted by atomic mass is 16.3. The molecule has 2 N–H and O–H groups in total. The normalized spacial score (nSPS) is 24.3. The first-order chi connectivity index (χ1) is 8.78. The Balaban J connectivity index is 1.75. The van der Waals surface area contributed by atoms with Crippen LogP contribution in [0.15, 0.2) is 28.9 Å². The van der Waals surface area contributed by atoms with E-state index in [1.165, 1.54) is 6.08 Å². The van der Waals surface area contributed by atoms with Crippen LogP contribution in [0.1, 0.15) is 31.4 Å². The molecule has 0 bridgehead atoms. The molecule has 1 aromatic heterocycles. The zero-order chi connectivity index (χ0) is 12.8. The van der Waals surface area contributed by atoms with Crippen molar-refractivity contribution in [3.8, 4) is 0 Å². The molecule has 0 saturated heterocycles. The Labute approximate surface area is 107 Å². The van der Waals surface area contributed by atoms with Crippen molar-refractivity contribution in [3.05, 3.63) is 30.2 Å². The van der Waals surface area contributed by atoms with E-state index in [2.05, 4.69) is 5.32 Å². The third-order valence-corrected chi connectivity index (χ3v) is 3.39. The van der Waals surface area contributed by atoms with Crippen molar-refractivity contribution in [1.29, 1.82) is 0 Å². The van der Waals surface area contributed by atoms with Crippen LogP contribution in [0.2, 0.25) is 0 Å². The van der Waals surface area contributed by atoms with E-state index in [-0.39, 0.29) is 18.6 Å². The van der Waals surface area contributed by atoms with Crippen LogP contribution in [-0.4, -0.2) is 23.7 Å². The molecular weight excluding hydrogens is 230 g/mol. The zero-order valence-corrected chi connectivity index (χ0v) is 10.3. The number of amides is 1. The number of furan rings is 1. The van der Waals surface area contributed by atoms with Gasteiger partial charge in [-0.3, -0.25) is 4.79 Å². The minimum Gasteiger partial charge on any atom is -0.465 e. The third-order valence-electron chi connectivity index (χ3n) is 3.39. The summed E-state index contributed by atoms with van der Waals surface area (Å²) in [5.41, 5.74) is 0. The lowest BCUT2D eigenvalue weighted by atomic mass is 9.86. The molecule has 1 amide bonds. The van der Waals surface area contributed by atoms with Crippen LogP contribution in [0.25, 0.3) is 6.08 Å². The minimum atomic E-state index is -0.0844. The molecule has 0 unspecified atom stereocenters. The van der Waals surface area contributed by atoms with Gasteiger partial charge in [0.25, 0.3) is 0 Å². The molecular formula is C14H19NO3. The molecule has 1 heterocycles. The van der Waals surface area contributed by atoms with Crippen molar-refractivity contribution in [1.82, 2.24) is 5.32 Å². The standard InChI is InChI=1S/C14H19NO3/c16-10-11-3-5-12(6-4-11)15-14(17)8-7-13-2-1-9-18-13/h1-2,7-9,11-12,16H,3-6,10H2,(H,15,17)/b8-7+. The number of carbonyl (C=O) groups excluding carboxylic acids is 1. The van der Waals surface area contributed by atoms with Crippen molar-refractivity contribution < 1.29 is 14.3 Å². The van der Waals surface area contributed by atoms with Gasteiger partial charge >= 0.3 is 0 Å². The van der Waals surface area contributed by atoms with Gasteiger partial charge in [-0.05, 0) is 49.8 Å². The maximum absolute atomic E-state index is 11.7. The number of hydrogen-bond acceptors (Lipinski definition) is 3. The Morgan fingerprint density at radius 2 is 2.22 bits per heavy atom. The lowest BCUT2D eigenvalue weighted by Gasteiger charge is -2.27. The topological polar surface area (TPSA) is 62.5 Å². The zero-order valence-electron chi connectivity index (χ0n) is 10.3. The maximum atomic E-state index is 11.7. The number of carbonyl (C=O) groups is 1. The van der Waals surface area contributed by atoms with Gasteiger partial charge in [-0.15, -0.1) is 0 Å². The van der Waals surface area contributed by atoms with E-state index in [0.717, 1.165) is 25.7 Å². The minimum absolute atomic E-state index is 0.0844. The molecule has 1 fully saturated rings. The van der Waals surface area contributed by atoms with E-state index >= 15 is 0 Å². The Morgan fingerprint density at radius 3 is 2.83 bits per heavy atom. The lowest BCUT2D eigenvalue weighted by molar-refractivity contribution is -0.117. The van der Waals surface area contributed by atoms with Crippen molar-refractivity contribution in [3.63, 3.8) is 0 Å². The second-order valence-electron chi connectivity index (χ2n) is 4.76. The molecule has 0 aliphatic heterocycles. The van der Waals surface area contributed by atoms with Gasteiger partial charge < -0.3 is 14.8 Å². The summed E-state index contributed by atoms with van der Waals surface area (Å²) in [5.74, 6) is 1.00. The first-order valence-corrected chi connectivity index (χ1v) is 6.41. The number of nitrogens with one attached hydrogen (secondary N) is 1. The van der Waals surface area contributed by atoms with Crippen molar-refractivity contribution in [2.45, 2.75) is 31.7 Å². The monoisotopic (exact) mass is 249 g/mol. The summed E-state index contributed by atoms with van der Waals surface area (Å²) >= 11 is 0. The fourth-order valence-electron chi connectivity index (χ4n) is 2.28. The molecule has 1 aliphatic rings. The molecule has 1 aliphatic carbocycles. The summed E-state index contributed by atoms with van der Waals surface area (Å²) in [6, 6.07) is 3.82. The molecule has 2 rings (SSSR count). The molecule has 0 spiro atoms. The fraction of sp³-hybridized carbons (Fsp3) is 0.500. The van der Waals surface area contributed by atoms with E-state index in [4.69, 9.17) is 9.52 Å². The van der Waals surface area contributed by atoms with E-state index in [0.29, 0.717) is 11.7 Å². The second kappa shape index (κ2) is 6.40. The largest absolute Gasteiger partial charge is 0.465 e. The average Bonchev–Trinajstić information content (AvgIpc) is 2.90. The molecule has 1 aromatic rings. The molecule has 0 aromatic carbocycles. The molecule has 98 valence electrons. The van der Waals surface area contributed by atoms with Crippen LogP contribution >= 0.6 is 0 Å². The third kappa shape index (κ3) is 3.74. The molecule has 18 heavy (non-hydrogen) atoms. The summed E-state index contributed by atoms with van der Waals surface area (Å²) in [6.45, 7) is 0.263. The highest BCUT2D eigenvalue weighted by Gasteiger charge is 2.21. The molecule has 4 nitrogen and oxygen atoms in total. The maximum Gasteiger partial charge on any atom is 0.244 e. The Hall–Kier alpha value is -1.55. The van der Waals surface area contributed by atoms with Crippen LogP contribution in [0.5, 0.6) is 0 Å². The van der Waals surface area contributed by atoms with Gasteiger partial charge in [0.15, 0.2) is 0 Å². The van der Waals surface area contributed by atoms with E-state index in [1.54, 1.807) is 24.5 Å². The number of aliphatic hydroxyl groups is 1. The van der Waals surface area contributed by atoms with Crippen LogP contribution < -0.4 is 5.32 Å². The summed E-state index contributed by atoms with van der Waals surface area (Å²) < 4.78 is 5.11. The predicted octanol–water partition coefficient (Wildman–Crippen LogP) is 1.96. The van der Waals surface area contributed by atoms with Gasteiger partial charge in [0.1, 0.15) is 5.76 Å². The first-order valence-electron chi connectivity index (χ1n) is 6.41. The Morgan fingerprint density at radius 1 is 1.44 bits per heavy atom. The SMILES string of the molecule is O=C(/C=C/c1ccco1)NC1CCC(CO)CC1. The van der Waals surface area contributed by atoms with Crippen LogP contribution in [-0.2, 0) is 4.79 Å². The smallest absolute Gasteiger partial charge is 0.244 e. The van der Waals surface area contributed by atoms with Crippen LogP contribution in [0, 0.1) is 5.92 Å². The van der Waals surface area contributed by atoms with Gasteiger partial charge in [-0.1, -0.05) is 0 Å².